The van der Waals surface area contributed by atoms with Crippen LogP contribution >= 0.6 is 11.6 Å². The van der Waals surface area contributed by atoms with Crippen molar-refractivity contribution in [2.24, 2.45) is 0 Å². The third-order valence-corrected chi connectivity index (χ3v) is 3.02. The molecule has 0 fully saturated rings. The monoisotopic (exact) mass is 304 g/mol. The topological polar surface area (TPSA) is 68.3 Å². The highest BCUT2D eigenvalue weighted by Gasteiger charge is 2.15. The number of rotatable bonds is 3. The number of carbonyl (C=O) groups is 2. The van der Waals surface area contributed by atoms with Crippen molar-refractivity contribution in [2.45, 2.75) is 6.92 Å². The number of nitrogens with zero attached hydrogens (tertiary/aromatic N) is 1. The second-order valence-corrected chi connectivity index (χ2v) is 4.75. The molecule has 0 radical (unpaired) electrons. The highest BCUT2D eigenvalue weighted by Crippen LogP contribution is 2.19. The van der Waals surface area contributed by atoms with Crippen molar-refractivity contribution in [1.29, 1.82) is 0 Å². The number of anilines is 1. The Morgan fingerprint density at radius 3 is 2.67 bits per heavy atom. The van der Waals surface area contributed by atoms with Crippen LogP contribution in [0.3, 0.4) is 0 Å². The highest BCUT2D eigenvalue weighted by atomic mass is 35.5. The molecule has 1 N–H and O–H groups in total. The number of benzene rings is 1. The second kappa shape index (κ2) is 6.37. The number of hydrogen-bond donors (Lipinski definition) is 1. The van der Waals surface area contributed by atoms with Crippen molar-refractivity contribution in [3.8, 4) is 0 Å². The van der Waals surface area contributed by atoms with E-state index in [9.17, 15) is 9.59 Å². The van der Waals surface area contributed by atoms with E-state index in [1.807, 2.05) is 6.92 Å². The van der Waals surface area contributed by atoms with Crippen molar-refractivity contribution in [1.82, 2.24) is 4.98 Å². The Morgan fingerprint density at radius 1 is 1.24 bits per heavy atom. The Hall–Kier alpha value is -2.40. The average molecular weight is 305 g/mol. The largest absolute Gasteiger partial charge is 0.465 e. The average Bonchev–Trinajstić information content (AvgIpc) is 2.48. The van der Waals surface area contributed by atoms with E-state index >= 15 is 0 Å². The van der Waals surface area contributed by atoms with Crippen molar-refractivity contribution >= 4 is 29.2 Å². The zero-order valence-corrected chi connectivity index (χ0v) is 12.3. The normalized spacial score (nSPS) is 10.0. The first kappa shape index (κ1) is 15.0. The molecule has 0 aliphatic heterocycles. The Kier molecular flexibility index (Phi) is 4.55. The minimum absolute atomic E-state index is 0.222. The van der Waals surface area contributed by atoms with E-state index in [1.54, 1.807) is 18.2 Å². The lowest BCUT2D eigenvalue weighted by Gasteiger charge is -2.10. The summed E-state index contributed by atoms with van der Waals surface area (Å²) in [4.78, 5) is 27.7. The molecule has 2 rings (SSSR count). The molecular formula is C15H13ClN2O3. The number of aromatic nitrogens is 1. The summed E-state index contributed by atoms with van der Waals surface area (Å²) < 4.78 is 4.72. The number of pyridine rings is 1. The van der Waals surface area contributed by atoms with Gasteiger partial charge in [0.05, 0.1) is 18.4 Å². The molecule has 1 aromatic carbocycles. The van der Waals surface area contributed by atoms with Crippen molar-refractivity contribution in [3.05, 3.63) is 58.4 Å². The maximum atomic E-state index is 12.2. The van der Waals surface area contributed by atoms with E-state index in [0.717, 1.165) is 5.56 Å². The highest BCUT2D eigenvalue weighted by molar-refractivity contribution is 6.29. The molecule has 1 aromatic heterocycles. The molecule has 0 bridgehead atoms. The lowest BCUT2D eigenvalue weighted by molar-refractivity contribution is 0.0602. The van der Waals surface area contributed by atoms with Crippen LogP contribution in [0.2, 0.25) is 5.15 Å². The van der Waals surface area contributed by atoms with Gasteiger partial charge in [-0.05, 0) is 31.2 Å². The van der Waals surface area contributed by atoms with Gasteiger partial charge in [-0.25, -0.2) is 9.78 Å². The number of aryl methyl sites for hydroxylation is 1. The lowest BCUT2D eigenvalue weighted by atomic mass is 10.1. The van der Waals surface area contributed by atoms with Gasteiger partial charge in [-0.3, -0.25) is 4.79 Å². The third-order valence-electron chi connectivity index (χ3n) is 2.82. The fourth-order valence-corrected chi connectivity index (χ4v) is 1.96. The molecule has 0 atom stereocenters. The quantitative estimate of drug-likeness (QED) is 0.699. The lowest BCUT2D eigenvalue weighted by Crippen LogP contribution is -2.15. The van der Waals surface area contributed by atoms with Gasteiger partial charge in [0.15, 0.2) is 0 Å². The molecule has 108 valence electrons. The van der Waals surface area contributed by atoms with Crippen LogP contribution < -0.4 is 5.32 Å². The van der Waals surface area contributed by atoms with Gasteiger partial charge < -0.3 is 10.1 Å². The van der Waals surface area contributed by atoms with Gasteiger partial charge in [0.1, 0.15) is 5.15 Å². The van der Waals surface area contributed by atoms with Crippen LogP contribution in [0.15, 0.2) is 36.5 Å². The summed E-state index contributed by atoms with van der Waals surface area (Å²) in [5.41, 5.74) is 1.92. The van der Waals surface area contributed by atoms with Crippen LogP contribution in [0.1, 0.15) is 26.3 Å². The Balaban J connectivity index is 2.31. The molecule has 6 heteroatoms. The van der Waals surface area contributed by atoms with Crippen molar-refractivity contribution in [2.75, 3.05) is 12.4 Å². The summed E-state index contributed by atoms with van der Waals surface area (Å²) in [6.45, 7) is 1.85. The number of halogens is 1. The summed E-state index contributed by atoms with van der Waals surface area (Å²) in [6.07, 6.45) is 1.44. The molecule has 0 saturated carbocycles. The molecule has 1 heterocycles. The van der Waals surface area contributed by atoms with Crippen LogP contribution in [0.5, 0.6) is 0 Å². The van der Waals surface area contributed by atoms with Gasteiger partial charge >= 0.3 is 5.97 Å². The number of nitrogens with one attached hydrogen (secondary N) is 1. The molecule has 0 unspecified atom stereocenters. The summed E-state index contributed by atoms with van der Waals surface area (Å²) in [5, 5.41) is 2.89. The van der Waals surface area contributed by atoms with E-state index in [-0.39, 0.29) is 11.1 Å². The number of amides is 1. The van der Waals surface area contributed by atoms with Crippen molar-refractivity contribution < 1.29 is 14.3 Å². The maximum absolute atomic E-state index is 12.2. The molecule has 21 heavy (non-hydrogen) atoms. The molecule has 0 saturated heterocycles. The molecule has 0 aliphatic carbocycles. The summed E-state index contributed by atoms with van der Waals surface area (Å²) in [7, 11) is 1.29. The minimum Gasteiger partial charge on any atom is -0.465 e. The van der Waals surface area contributed by atoms with Crippen LogP contribution in [-0.4, -0.2) is 24.0 Å². The smallest absolute Gasteiger partial charge is 0.339 e. The fraction of sp³-hybridized carbons (Fsp3) is 0.133. The predicted molar refractivity (Wildman–Crippen MR) is 79.7 cm³/mol. The maximum Gasteiger partial charge on any atom is 0.339 e. The summed E-state index contributed by atoms with van der Waals surface area (Å²) >= 11 is 5.75. The van der Waals surface area contributed by atoms with Crippen LogP contribution in [0.4, 0.5) is 5.69 Å². The third kappa shape index (κ3) is 3.58. The van der Waals surface area contributed by atoms with E-state index in [0.29, 0.717) is 16.8 Å². The van der Waals surface area contributed by atoms with Gasteiger partial charge in [0, 0.05) is 11.8 Å². The van der Waals surface area contributed by atoms with Gasteiger partial charge in [-0.2, -0.15) is 0 Å². The first-order valence-corrected chi connectivity index (χ1v) is 6.51. The Morgan fingerprint density at radius 2 is 2.00 bits per heavy atom. The number of methoxy groups -OCH3 is 1. The molecule has 2 aromatic rings. The first-order chi connectivity index (χ1) is 10.0. The zero-order valence-electron chi connectivity index (χ0n) is 11.5. The van der Waals surface area contributed by atoms with Gasteiger partial charge in [-0.15, -0.1) is 0 Å². The second-order valence-electron chi connectivity index (χ2n) is 4.36. The van der Waals surface area contributed by atoms with Crippen LogP contribution in [-0.2, 0) is 4.74 Å². The van der Waals surface area contributed by atoms with E-state index in [2.05, 4.69) is 10.3 Å². The molecule has 5 nitrogen and oxygen atoms in total. The first-order valence-electron chi connectivity index (χ1n) is 6.13. The van der Waals surface area contributed by atoms with Gasteiger partial charge in [0.2, 0.25) is 0 Å². The number of esters is 1. The molecular weight excluding hydrogens is 292 g/mol. The molecule has 1 amide bonds. The van der Waals surface area contributed by atoms with Crippen molar-refractivity contribution in [3.63, 3.8) is 0 Å². The van der Waals surface area contributed by atoms with Crippen LogP contribution in [0, 0.1) is 6.92 Å². The van der Waals surface area contributed by atoms with Gasteiger partial charge in [-0.1, -0.05) is 23.2 Å². The Labute approximate surface area is 126 Å². The number of carbonyl (C=O) groups excluding carboxylic acids is 2. The predicted octanol–water partition coefficient (Wildman–Crippen LogP) is 3.08. The van der Waals surface area contributed by atoms with E-state index in [4.69, 9.17) is 16.3 Å². The minimum atomic E-state index is -0.512. The SMILES string of the molecule is COC(=O)c1cc(C)ccc1NC(=O)c1ccnc(Cl)c1. The van der Waals surface area contributed by atoms with E-state index < -0.39 is 5.97 Å². The molecule has 0 spiro atoms. The summed E-state index contributed by atoms with van der Waals surface area (Å²) in [5.74, 6) is -0.893. The van der Waals surface area contributed by atoms with Crippen LogP contribution in [0.25, 0.3) is 0 Å². The van der Waals surface area contributed by atoms with E-state index in [1.165, 1.54) is 25.4 Å². The number of ether oxygens (including phenoxy) is 1. The Bertz CT molecular complexity index is 701. The number of hydrogen-bond acceptors (Lipinski definition) is 4. The molecule has 0 aliphatic rings. The fourth-order valence-electron chi connectivity index (χ4n) is 1.78. The summed E-state index contributed by atoms with van der Waals surface area (Å²) in [6, 6.07) is 8.08. The van der Waals surface area contributed by atoms with Gasteiger partial charge in [0.25, 0.3) is 5.91 Å². The zero-order chi connectivity index (χ0) is 15.4. The standard InChI is InChI=1S/C15H13ClN2O3/c1-9-3-4-12(11(7-9)15(20)21-2)18-14(19)10-5-6-17-13(16)8-10/h3-8H,1-2H3,(H,18,19).